The molecule has 5 heteroatoms. The highest BCUT2D eigenvalue weighted by molar-refractivity contribution is 6.08. The van der Waals surface area contributed by atoms with Crippen molar-refractivity contribution in [3.63, 3.8) is 0 Å². The largest absolute Gasteiger partial charge is 0.456 e. The van der Waals surface area contributed by atoms with Crippen LogP contribution in [-0.4, -0.2) is 0 Å². The summed E-state index contributed by atoms with van der Waals surface area (Å²) in [5, 5.41) is 0. The van der Waals surface area contributed by atoms with Gasteiger partial charge in [-0.05, 0) is 58.7 Å². The Bertz CT molecular complexity index is 3130. The van der Waals surface area contributed by atoms with Crippen molar-refractivity contribution >= 4 is 34.4 Å². The Hall–Kier alpha value is -6.98. The van der Waals surface area contributed by atoms with Gasteiger partial charge in [0.1, 0.15) is 34.0 Å². The predicted molar refractivity (Wildman–Crippen MR) is 227 cm³/mol. The zero-order valence-electron chi connectivity index (χ0n) is 32.6. The fourth-order valence-corrected chi connectivity index (χ4v) is 12.6. The monoisotopic (exact) mass is 744 g/mol. The Morgan fingerprint density at radius 2 is 0.759 bits per heavy atom. The molecule has 0 saturated carbocycles. The maximum absolute atomic E-state index is 7.35. The standard InChI is InChI=1S/C53H36N4O/c1-51(2)37-21-9-17-33-29-13-5-7-15-31(29)35-19-11-27-54-49(35)56(45(33)37)47-39(51)23-25-41-43(47)53(54)44-42(58-41)26-24-40-48(44)57-46-34(18-10-22-38(46)52(40,3)4)30-14-6-8-16-32(30)36-20-12-28-55(53)50(36)57/h5-28H,1-4H3/q+2. The summed E-state index contributed by atoms with van der Waals surface area (Å²) in [6.07, 6.45) is 4.70. The van der Waals surface area contributed by atoms with E-state index < -0.39 is 5.66 Å². The number of aromatic nitrogens is 2. The van der Waals surface area contributed by atoms with E-state index in [0.29, 0.717) is 0 Å². The summed E-state index contributed by atoms with van der Waals surface area (Å²) in [7, 11) is 0. The highest BCUT2D eigenvalue weighted by Gasteiger charge is 2.70. The minimum atomic E-state index is -0.854. The zero-order chi connectivity index (χ0) is 38.2. The lowest BCUT2D eigenvalue weighted by Crippen LogP contribution is -2.79. The van der Waals surface area contributed by atoms with Crippen molar-refractivity contribution < 1.29 is 13.9 Å². The molecule has 7 aliphatic rings. The van der Waals surface area contributed by atoms with E-state index in [4.69, 9.17) is 4.74 Å². The fraction of sp³-hybridized carbons (Fsp3) is 0.132. The Labute approximate surface area is 336 Å². The van der Waals surface area contributed by atoms with E-state index in [1.807, 2.05) is 0 Å². The van der Waals surface area contributed by atoms with Gasteiger partial charge < -0.3 is 4.74 Å². The van der Waals surface area contributed by atoms with Crippen LogP contribution in [0.4, 0.5) is 34.4 Å². The van der Waals surface area contributed by atoms with E-state index in [1.54, 1.807) is 0 Å². The van der Waals surface area contributed by atoms with Gasteiger partial charge in [0.15, 0.2) is 11.4 Å². The summed E-state index contributed by atoms with van der Waals surface area (Å²) >= 11 is 0. The SMILES string of the molecule is CC1(C)c2cccc3c2N2c4c1ccc1c4C4(c5c(ccc6c5N5c7c(cccc7C6(C)C)-c6ccccc6-c6ccc[n+]4c65)O1)[n+]1cccc(c12)-c1ccccc1-3. The van der Waals surface area contributed by atoms with Gasteiger partial charge in [-0.1, -0.05) is 125 Å². The molecule has 15 rings (SSSR count). The molecule has 0 fully saturated rings. The van der Waals surface area contributed by atoms with Crippen LogP contribution in [0.3, 0.4) is 0 Å². The third-order valence-electron chi connectivity index (χ3n) is 14.9. The van der Waals surface area contributed by atoms with Gasteiger partial charge in [0, 0.05) is 44.2 Å². The van der Waals surface area contributed by atoms with Crippen LogP contribution in [0.5, 0.6) is 11.5 Å². The lowest BCUT2D eigenvalue weighted by atomic mass is 9.67. The predicted octanol–water partition coefficient (Wildman–Crippen LogP) is 11.8. The highest BCUT2D eigenvalue weighted by Crippen LogP contribution is 2.69. The van der Waals surface area contributed by atoms with Crippen molar-refractivity contribution in [1.82, 2.24) is 0 Å². The molecule has 7 aliphatic heterocycles. The molecule has 0 aliphatic carbocycles. The van der Waals surface area contributed by atoms with E-state index in [9.17, 15) is 0 Å². The van der Waals surface area contributed by atoms with Crippen LogP contribution in [-0.2, 0) is 16.5 Å². The van der Waals surface area contributed by atoms with E-state index in [-0.39, 0.29) is 10.8 Å². The number of anilines is 6. The van der Waals surface area contributed by atoms with Gasteiger partial charge in [-0.3, -0.25) is 0 Å². The summed E-state index contributed by atoms with van der Waals surface area (Å²) in [6.45, 7) is 9.66. The van der Waals surface area contributed by atoms with Crippen molar-refractivity contribution in [2.24, 2.45) is 0 Å². The molecule has 0 unspecified atom stereocenters. The van der Waals surface area contributed by atoms with Crippen LogP contribution < -0.4 is 23.7 Å². The Morgan fingerprint density at radius 1 is 0.379 bits per heavy atom. The van der Waals surface area contributed by atoms with Crippen molar-refractivity contribution in [2.45, 2.75) is 44.2 Å². The number of pyridine rings is 2. The maximum Gasteiger partial charge on any atom is 0.321 e. The van der Waals surface area contributed by atoms with Gasteiger partial charge in [0.25, 0.3) is 11.6 Å². The molecule has 0 saturated heterocycles. The molecule has 0 bridgehead atoms. The van der Waals surface area contributed by atoms with Crippen molar-refractivity contribution in [2.75, 3.05) is 9.80 Å². The van der Waals surface area contributed by atoms with Gasteiger partial charge in [0.2, 0.25) is 0 Å². The zero-order valence-corrected chi connectivity index (χ0v) is 32.6. The number of ether oxygens (including phenoxy) is 1. The average molecular weight is 745 g/mol. The highest BCUT2D eigenvalue weighted by atomic mass is 16.5. The van der Waals surface area contributed by atoms with E-state index >= 15 is 0 Å². The molecular weight excluding hydrogens is 709 g/mol. The van der Waals surface area contributed by atoms with Crippen LogP contribution in [0.1, 0.15) is 61.1 Å². The molecule has 2 aromatic heterocycles. The molecule has 0 N–H and O–H groups in total. The Kier molecular flexibility index (Phi) is 4.81. The first-order valence-corrected chi connectivity index (χ1v) is 20.5. The van der Waals surface area contributed by atoms with E-state index in [0.717, 1.165) is 11.5 Å². The number of fused-ring (bicyclic) bond motifs is 6. The normalized spacial score (nSPS) is 17.4. The molecule has 9 heterocycles. The minimum Gasteiger partial charge on any atom is -0.456 e. The second kappa shape index (κ2) is 9.25. The first-order chi connectivity index (χ1) is 28.3. The van der Waals surface area contributed by atoms with Crippen LogP contribution >= 0.6 is 0 Å². The summed E-state index contributed by atoms with van der Waals surface area (Å²) in [5.41, 5.74) is 21.2. The van der Waals surface area contributed by atoms with Gasteiger partial charge in [-0.2, -0.15) is 18.9 Å². The van der Waals surface area contributed by atoms with Gasteiger partial charge in [0.05, 0.1) is 23.5 Å². The quantitative estimate of drug-likeness (QED) is 0.144. The molecule has 0 amide bonds. The maximum atomic E-state index is 7.35. The molecule has 1 spiro atoms. The number of hydrogen-bond acceptors (Lipinski definition) is 3. The fourth-order valence-electron chi connectivity index (χ4n) is 12.6. The Balaban J connectivity index is 1.23. The van der Waals surface area contributed by atoms with Gasteiger partial charge >= 0.3 is 5.66 Å². The van der Waals surface area contributed by atoms with Crippen LogP contribution in [0.25, 0.3) is 44.5 Å². The molecule has 58 heavy (non-hydrogen) atoms. The summed E-state index contributed by atoms with van der Waals surface area (Å²) in [6, 6.07) is 50.4. The molecule has 0 atom stereocenters. The van der Waals surface area contributed by atoms with Crippen molar-refractivity contribution in [3.05, 3.63) is 179 Å². The summed E-state index contributed by atoms with van der Waals surface area (Å²) in [4.78, 5) is 5.24. The lowest BCUT2D eigenvalue weighted by molar-refractivity contribution is -0.962. The number of para-hydroxylation sites is 2. The smallest absolute Gasteiger partial charge is 0.321 e. The second-order valence-electron chi connectivity index (χ2n) is 18.1. The first kappa shape index (κ1) is 30.2. The third-order valence-corrected chi connectivity index (χ3v) is 14.9. The van der Waals surface area contributed by atoms with Crippen molar-refractivity contribution in [1.29, 1.82) is 0 Å². The lowest BCUT2D eigenvalue weighted by Gasteiger charge is -2.50. The average Bonchev–Trinajstić information content (AvgIpc) is 3.46. The molecular formula is C53H36N4O+2. The molecule has 6 aromatic carbocycles. The van der Waals surface area contributed by atoms with E-state index in [1.165, 1.54) is 112 Å². The Morgan fingerprint density at radius 3 is 1.21 bits per heavy atom. The number of benzene rings is 6. The molecule has 0 radical (unpaired) electrons. The topological polar surface area (TPSA) is 23.5 Å². The molecule has 8 aromatic rings. The number of hydrogen-bond donors (Lipinski definition) is 0. The summed E-state index contributed by atoms with van der Waals surface area (Å²) < 4.78 is 12.6. The van der Waals surface area contributed by atoms with Gasteiger partial charge in [-0.15, -0.1) is 0 Å². The van der Waals surface area contributed by atoms with E-state index in [2.05, 4.69) is 192 Å². The van der Waals surface area contributed by atoms with Crippen LogP contribution in [0, 0.1) is 0 Å². The second-order valence-corrected chi connectivity index (χ2v) is 18.1. The van der Waals surface area contributed by atoms with Gasteiger partial charge in [-0.25, -0.2) is 0 Å². The summed E-state index contributed by atoms with van der Waals surface area (Å²) in [5.74, 6) is 4.16. The number of rotatable bonds is 0. The molecule has 272 valence electrons. The van der Waals surface area contributed by atoms with Crippen LogP contribution in [0.15, 0.2) is 146 Å². The minimum absolute atomic E-state index is 0.298. The first-order valence-electron chi connectivity index (χ1n) is 20.5. The molecule has 5 nitrogen and oxygen atoms in total. The third kappa shape index (κ3) is 2.91. The number of nitrogens with zero attached hydrogens (tertiary/aromatic N) is 4. The van der Waals surface area contributed by atoms with Crippen molar-refractivity contribution in [3.8, 4) is 56.0 Å². The van der Waals surface area contributed by atoms with Crippen LogP contribution in [0.2, 0.25) is 0 Å².